The molecule has 0 bridgehead atoms. The summed E-state index contributed by atoms with van der Waals surface area (Å²) >= 11 is 0. The van der Waals surface area contributed by atoms with Gasteiger partial charge in [0.15, 0.2) is 5.58 Å². The van der Waals surface area contributed by atoms with E-state index in [0.29, 0.717) is 0 Å². The Labute approximate surface area is 233 Å². The molecule has 0 N–H and O–H groups in total. The number of piperidine rings is 1. The summed E-state index contributed by atoms with van der Waals surface area (Å²) in [6.07, 6.45) is 7.21. The van der Waals surface area contributed by atoms with Gasteiger partial charge in [0.1, 0.15) is 11.5 Å². The lowest BCUT2D eigenvalue weighted by Crippen LogP contribution is -2.33. The maximum atomic E-state index is 6.17. The van der Waals surface area contributed by atoms with Crippen molar-refractivity contribution in [2.75, 3.05) is 40.9 Å². The van der Waals surface area contributed by atoms with Gasteiger partial charge in [-0.2, -0.15) is 0 Å². The number of methoxy groups -OCH3 is 1. The molecule has 2 aliphatic rings. The number of hydrogen-bond acceptors (Lipinski definition) is 6. The van der Waals surface area contributed by atoms with Crippen molar-refractivity contribution < 1.29 is 14.0 Å². The van der Waals surface area contributed by atoms with E-state index in [1.54, 1.807) is 7.11 Å². The second-order valence-electron chi connectivity index (χ2n) is 10.6. The molecule has 1 saturated carbocycles. The van der Waals surface area contributed by atoms with Gasteiger partial charge in [0, 0.05) is 18.5 Å². The minimum absolute atomic E-state index is 0. The second kappa shape index (κ2) is 13.7. The van der Waals surface area contributed by atoms with E-state index in [1.165, 1.54) is 37.7 Å². The fourth-order valence-electron chi connectivity index (χ4n) is 5.13. The number of fused-ring (bicyclic) bond motifs is 1. The predicted molar refractivity (Wildman–Crippen MR) is 153 cm³/mol. The zero-order valence-electron chi connectivity index (χ0n) is 22.3. The van der Waals surface area contributed by atoms with E-state index >= 15 is 0 Å². The van der Waals surface area contributed by atoms with Gasteiger partial charge in [-0.1, -0.05) is 17.3 Å². The van der Waals surface area contributed by atoms with Gasteiger partial charge >= 0.3 is 0 Å². The van der Waals surface area contributed by atoms with Crippen molar-refractivity contribution in [3.63, 3.8) is 0 Å². The number of nitrogens with zero attached hydrogens (tertiary/aromatic N) is 3. The van der Waals surface area contributed by atoms with Crippen LogP contribution in [0.1, 0.15) is 48.9 Å². The number of rotatable bonds is 11. The maximum Gasteiger partial charge on any atom is 0.175 e. The van der Waals surface area contributed by atoms with Gasteiger partial charge in [0.25, 0.3) is 0 Å². The fourth-order valence-corrected chi connectivity index (χ4v) is 5.13. The van der Waals surface area contributed by atoms with Crippen LogP contribution < -0.4 is 9.47 Å². The molecule has 37 heavy (non-hydrogen) atoms. The quantitative estimate of drug-likeness (QED) is 0.276. The summed E-state index contributed by atoms with van der Waals surface area (Å²) in [6, 6.07) is 12.7. The van der Waals surface area contributed by atoms with Crippen LogP contribution in [0.15, 0.2) is 40.9 Å². The third-order valence-corrected chi connectivity index (χ3v) is 7.48. The highest BCUT2D eigenvalue weighted by atomic mass is 35.5. The van der Waals surface area contributed by atoms with Gasteiger partial charge in [0.2, 0.25) is 0 Å². The molecule has 1 aliphatic carbocycles. The Morgan fingerprint density at radius 3 is 2.35 bits per heavy atom. The smallest absolute Gasteiger partial charge is 0.175 e. The minimum Gasteiger partial charge on any atom is -0.497 e. The van der Waals surface area contributed by atoms with Gasteiger partial charge in [-0.05, 0) is 107 Å². The first kappa shape index (κ1) is 29.6. The summed E-state index contributed by atoms with van der Waals surface area (Å²) < 4.78 is 17.4. The molecular weight excluding hydrogens is 509 g/mol. The normalized spacial score (nSPS) is 16.4. The first-order chi connectivity index (χ1) is 17.1. The summed E-state index contributed by atoms with van der Waals surface area (Å²) in [5.41, 5.74) is 4.47. The van der Waals surface area contributed by atoms with Gasteiger partial charge < -0.3 is 18.9 Å². The molecule has 8 heteroatoms. The molecule has 5 rings (SSSR count). The molecule has 2 heterocycles. The first-order valence-corrected chi connectivity index (χ1v) is 13.1. The Balaban J connectivity index is 0.00000190. The molecule has 0 spiro atoms. The van der Waals surface area contributed by atoms with Crippen LogP contribution in [0.3, 0.4) is 0 Å². The molecule has 1 aromatic heterocycles. The Bertz CT molecular complexity index is 1110. The van der Waals surface area contributed by atoms with Gasteiger partial charge in [-0.15, -0.1) is 24.8 Å². The van der Waals surface area contributed by atoms with Crippen molar-refractivity contribution in [1.29, 1.82) is 0 Å². The fraction of sp³-hybridized carbons (Fsp3) is 0.552. The van der Waals surface area contributed by atoms with Crippen LogP contribution in [0.2, 0.25) is 0 Å². The molecule has 0 unspecified atom stereocenters. The van der Waals surface area contributed by atoms with Crippen molar-refractivity contribution in [3.05, 3.63) is 53.2 Å². The largest absolute Gasteiger partial charge is 0.497 e. The van der Waals surface area contributed by atoms with E-state index in [9.17, 15) is 0 Å². The van der Waals surface area contributed by atoms with Crippen LogP contribution in [-0.4, -0.2) is 55.9 Å². The van der Waals surface area contributed by atoms with Crippen LogP contribution >= 0.6 is 24.8 Å². The van der Waals surface area contributed by atoms with Crippen LogP contribution in [0.5, 0.6) is 11.5 Å². The molecular formula is C29H41Cl2N3O3. The van der Waals surface area contributed by atoms with E-state index in [4.69, 9.17) is 14.0 Å². The highest BCUT2D eigenvalue weighted by Gasteiger charge is 2.24. The third-order valence-electron chi connectivity index (χ3n) is 7.48. The summed E-state index contributed by atoms with van der Waals surface area (Å²) in [4.78, 5) is 4.74. The molecule has 204 valence electrons. The van der Waals surface area contributed by atoms with Gasteiger partial charge in [-0.25, -0.2) is 0 Å². The van der Waals surface area contributed by atoms with Gasteiger partial charge in [-0.3, -0.25) is 4.90 Å². The molecule has 0 atom stereocenters. The van der Waals surface area contributed by atoms with E-state index in [1.807, 2.05) is 0 Å². The Morgan fingerprint density at radius 1 is 0.973 bits per heavy atom. The van der Waals surface area contributed by atoms with Crippen molar-refractivity contribution in [2.45, 2.75) is 51.6 Å². The lowest BCUT2D eigenvalue weighted by molar-refractivity contribution is 0.172. The molecule has 2 aromatic carbocycles. The van der Waals surface area contributed by atoms with Crippen LogP contribution in [0.25, 0.3) is 11.0 Å². The number of halogens is 2. The topological polar surface area (TPSA) is 51.0 Å². The number of hydrogen-bond donors (Lipinski definition) is 0. The molecule has 3 aromatic rings. The SMILES string of the molecule is COc1ccc(CN2CCC(CCc3noc4c(CN(C)C)c(OCC5CC5)ccc34)CC2)cc1.Cl.Cl. The molecule has 1 saturated heterocycles. The Morgan fingerprint density at radius 2 is 1.70 bits per heavy atom. The van der Waals surface area contributed by atoms with Crippen LogP contribution in [-0.2, 0) is 19.5 Å². The average molecular weight is 551 g/mol. The van der Waals surface area contributed by atoms with E-state index in [2.05, 4.69) is 65.5 Å². The minimum atomic E-state index is 0. The highest BCUT2D eigenvalue weighted by molar-refractivity contribution is 5.86. The molecule has 6 nitrogen and oxygen atoms in total. The first-order valence-electron chi connectivity index (χ1n) is 13.1. The zero-order valence-corrected chi connectivity index (χ0v) is 23.9. The Kier molecular flexibility index (Phi) is 10.9. The van der Waals surface area contributed by atoms with Crippen molar-refractivity contribution in [1.82, 2.24) is 15.0 Å². The van der Waals surface area contributed by atoms with Gasteiger partial charge in [0.05, 0.1) is 25.0 Å². The lowest BCUT2D eigenvalue weighted by Gasteiger charge is -2.32. The zero-order chi connectivity index (χ0) is 24.2. The number of ether oxygens (including phenoxy) is 2. The molecule has 2 fully saturated rings. The predicted octanol–water partition coefficient (Wildman–Crippen LogP) is 6.38. The number of benzene rings is 2. The molecule has 0 radical (unpaired) electrons. The third kappa shape index (κ3) is 7.76. The van der Waals surface area contributed by atoms with Crippen LogP contribution in [0.4, 0.5) is 0 Å². The van der Waals surface area contributed by atoms with Crippen molar-refractivity contribution in [2.24, 2.45) is 11.8 Å². The van der Waals surface area contributed by atoms with E-state index < -0.39 is 0 Å². The molecule has 0 amide bonds. The summed E-state index contributed by atoms with van der Waals surface area (Å²) in [7, 11) is 5.88. The van der Waals surface area contributed by atoms with Crippen molar-refractivity contribution >= 4 is 35.8 Å². The standard InChI is InChI=1S/C29H39N3O3.2ClH/c1-31(2)19-26-28(34-20-23-4-5-23)13-11-25-27(30-35-29(25)26)12-8-21-14-16-32(17-15-21)18-22-6-9-24(33-3)10-7-22;;/h6-7,9-11,13,21,23H,4-5,8,12,14-20H2,1-3H3;2*1H. The lowest BCUT2D eigenvalue weighted by atomic mass is 9.91. The van der Waals surface area contributed by atoms with Crippen LogP contribution in [0, 0.1) is 11.8 Å². The highest BCUT2D eigenvalue weighted by Crippen LogP contribution is 2.35. The number of aromatic nitrogens is 1. The molecule has 1 aliphatic heterocycles. The second-order valence-corrected chi connectivity index (χ2v) is 10.6. The summed E-state index contributed by atoms with van der Waals surface area (Å²) in [6.45, 7) is 4.93. The number of likely N-dealkylation sites (tertiary alicyclic amines) is 1. The summed E-state index contributed by atoms with van der Waals surface area (Å²) in [5.74, 6) is 3.34. The van der Waals surface area contributed by atoms with Crippen molar-refractivity contribution in [3.8, 4) is 11.5 Å². The Hall–Kier alpha value is -1.99. The van der Waals surface area contributed by atoms with E-state index in [-0.39, 0.29) is 24.8 Å². The average Bonchev–Trinajstić information content (AvgIpc) is 3.61. The maximum absolute atomic E-state index is 6.17. The monoisotopic (exact) mass is 549 g/mol. The van der Waals surface area contributed by atoms with E-state index in [0.717, 1.165) is 84.8 Å². The summed E-state index contributed by atoms with van der Waals surface area (Å²) in [5, 5.41) is 5.66. The number of aryl methyl sites for hydroxylation is 1.